The van der Waals surface area contributed by atoms with Gasteiger partial charge in [-0.15, -0.1) is 0 Å². The Morgan fingerprint density at radius 1 is 1.26 bits per heavy atom. The highest BCUT2D eigenvalue weighted by molar-refractivity contribution is 6.10. The SMILES string of the molecule is NC(=O)c1cc2c3ccccc3n(C3CCCC3O)c2nc1N. The number of anilines is 1. The average molecular weight is 310 g/mol. The lowest BCUT2D eigenvalue weighted by Crippen LogP contribution is -2.19. The second-order valence-electron chi connectivity index (χ2n) is 6.11. The number of primary amides is 1. The van der Waals surface area contributed by atoms with Crippen LogP contribution in [0.25, 0.3) is 21.9 Å². The molecule has 2 aromatic heterocycles. The number of rotatable bonds is 2. The van der Waals surface area contributed by atoms with Gasteiger partial charge in [-0.05, 0) is 31.4 Å². The summed E-state index contributed by atoms with van der Waals surface area (Å²) < 4.78 is 2.06. The lowest BCUT2D eigenvalue weighted by Gasteiger charge is -2.19. The molecule has 0 spiro atoms. The first-order valence-electron chi connectivity index (χ1n) is 7.75. The molecule has 23 heavy (non-hydrogen) atoms. The number of aliphatic hydroxyl groups is 1. The van der Waals surface area contributed by atoms with E-state index in [-0.39, 0.29) is 17.4 Å². The maximum absolute atomic E-state index is 11.6. The van der Waals surface area contributed by atoms with E-state index in [9.17, 15) is 9.90 Å². The molecule has 118 valence electrons. The predicted octanol–water partition coefficient (Wildman–Crippen LogP) is 1.96. The molecule has 3 aromatic rings. The molecule has 1 fully saturated rings. The number of nitrogen functional groups attached to an aromatic ring is 1. The van der Waals surface area contributed by atoms with Crippen LogP contribution in [0.1, 0.15) is 35.7 Å². The summed E-state index contributed by atoms with van der Waals surface area (Å²) in [6.07, 6.45) is 2.27. The number of benzene rings is 1. The van der Waals surface area contributed by atoms with E-state index in [1.165, 1.54) is 0 Å². The van der Waals surface area contributed by atoms with Crippen LogP contribution in [0.3, 0.4) is 0 Å². The normalized spacial score (nSPS) is 21.3. The number of pyridine rings is 1. The molecular formula is C17H18N4O2. The van der Waals surface area contributed by atoms with Crippen LogP contribution < -0.4 is 11.5 Å². The molecule has 1 aromatic carbocycles. The van der Waals surface area contributed by atoms with Gasteiger partial charge in [0.05, 0.1) is 23.2 Å². The lowest BCUT2D eigenvalue weighted by molar-refractivity contribution is 0.100. The van der Waals surface area contributed by atoms with E-state index in [1.54, 1.807) is 6.07 Å². The van der Waals surface area contributed by atoms with Gasteiger partial charge in [0.1, 0.15) is 11.5 Å². The molecule has 4 rings (SSSR count). The summed E-state index contributed by atoms with van der Waals surface area (Å²) in [5.74, 6) is -0.462. The Morgan fingerprint density at radius 2 is 2.04 bits per heavy atom. The van der Waals surface area contributed by atoms with Gasteiger partial charge in [-0.25, -0.2) is 4.98 Å². The molecule has 6 nitrogen and oxygen atoms in total. The number of para-hydroxylation sites is 1. The van der Waals surface area contributed by atoms with Crippen molar-refractivity contribution in [1.82, 2.24) is 9.55 Å². The highest BCUT2D eigenvalue weighted by atomic mass is 16.3. The third kappa shape index (κ3) is 1.98. The lowest BCUT2D eigenvalue weighted by atomic mass is 10.1. The van der Waals surface area contributed by atoms with Crippen LogP contribution in [0.4, 0.5) is 5.82 Å². The Kier molecular flexibility index (Phi) is 3.02. The van der Waals surface area contributed by atoms with E-state index in [0.717, 1.165) is 35.6 Å². The summed E-state index contributed by atoms with van der Waals surface area (Å²) in [4.78, 5) is 16.0. The number of fused-ring (bicyclic) bond motifs is 3. The Hall–Kier alpha value is -2.60. The standard InChI is InChI=1S/C17H18N4O2/c18-15-11(16(19)23)8-10-9-4-1-2-5-12(9)21(17(10)20-15)13-6-3-7-14(13)22/h1-2,4-5,8,13-14,22H,3,6-7H2,(H2,18,20)(H2,19,23). The summed E-state index contributed by atoms with van der Waals surface area (Å²) in [7, 11) is 0. The van der Waals surface area contributed by atoms with Gasteiger partial charge >= 0.3 is 0 Å². The van der Waals surface area contributed by atoms with Crippen LogP contribution in [0.15, 0.2) is 30.3 Å². The number of carbonyl (C=O) groups excluding carboxylic acids is 1. The van der Waals surface area contributed by atoms with Crippen molar-refractivity contribution >= 4 is 33.7 Å². The predicted molar refractivity (Wildman–Crippen MR) is 89.1 cm³/mol. The van der Waals surface area contributed by atoms with Crippen LogP contribution in [0.2, 0.25) is 0 Å². The van der Waals surface area contributed by atoms with E-state index in [4.69, 9.17) is 11.5 Å². The third-order valence-corrected chi connectivity index (χ3v) is 4.75. The Balaban J connectivity index is 2.11. The molecule has 2 unspecified atom stereocenters. The van der Waals surface area contributed by atoms with Crippen LogP contribution in [0.5, 0.6) is 0 Å². The molecule has 0 radical (unpaired) electrons. The van der Waals surface area contributed by atoms with Crippen LogP contribution in [-0.2, 0) is 0 Å². The summed E-state index contributed by atoms with van der Waals surface area (Å²) in [5, 5.41) is 12.2. The fraction of sp³-hybridized carbons (Fsp3) is 0.294. The molecule has 1 amide bonds. The molecular weight excluding hydrogens is 292 g/mol. The molecule has 0 bridgehead atoms. The van der Waals surface area contributed by atoms with E-state index in [1.807, 2.05) is 24.3 Å². The molecule has 1 aliphatic carbocycles. The van der Waals surface area contributed by atoms with Crippen LogP contribution in [0, 0.1) is 0 Å². The fourth-order valence-corrected chi connectivity index (χ4v) is 3.68. The van der Waals surface area contributed by atoms with Crippen molar-refractivity contribution < 1.29 is 9.90 Å². The third-order valence-electron chi connectivity index (χ3n) is 4.75. The zero-order valence-electron chi connectivity index (χ0n) is 12.6. The van der Waals surface area contributed by atoms with Crippen molar-refractivity contribution in [2.45, 2.75) is 31.4 Å². The summed E-state index contributed by atoms with van der Waals surface area (Å²) in [5.41, 5.74) is 13.2. The summed E-state index contributed by atoms with van der Waals surface area (Å²) in [6.45, 7) is 0. The van der Waals surface area contributed by atoms with Crippen molar-refractivity contribution in [1.29, 1.82) is 0 Å². The Bertz CT molecular complexity index is 931. The summed E-state index contributed by atoms with van der Waals surface area (Å²) in [6, 6.07) is 9.57. The second kappa shape index (κ2) is 4.96. The fourth-order valence-electron chi connectivity index (χ4n) is 3.68. The maximum atomic E-state index is 11.6. The van der Waals surface area contributed by atoms with Crippen molar-refractivity contribution in [3.05, 3.63) is 35.9 Å². The molecule has 0 aliphatic heterocycles. The van der Waals surface area contributed by atoms with Crippen LogP contribution >= 0.6 is 0 Å². The molecule has 2 atom stereocenters. The van der Waals surface area contributed by atoms with Crippen molar-refractivity contribution in [2.75, 3.05) is 5.73 Å². The van der Waals surface area contributed by atoms with Crippen molar-refractivity contribution in [3.63, 3.8) is 0 Å². The van der Waals surface area contributed by atoms with Gasteiger partial charge in [0.25, 0.3) is 5.91 Å². The topological polar surface area (TPSA) is 107 Å². The van der Waals surface area contributed by atoms with Gasteiger partial charge in [0.2, 0.25) is 0 Å². The molecule has 1 saturated carbocycles. The number of nitrogens with two attached hydrogens (primary N) is 2. The number of carbonyl (C=O) groups is 1. The quantitative estimate of drug-likeness (QED) is 0.672. The first-order valence-corrected chi connectivity index (χ1v) is 7.75. The summed E-state index contributed by atoms with van der Waals surface area (Å²) >= 11 is 0. The van der Waals surface area contributed by atoms with E-state index in [2.05, 4.69) is 9.55 Å². The minimum atomic E-state index is -0.588. The van der Waals surface area contributed by atoms with E-state index >= 15 is 0 Å². The Labute approximate surface area is 132 Å². The van der Waals surface area contributed by atoms with Gasteiger partial charge in [0.15, 0.2) is 0 Å². The molecule has 5 N–H and O–H groups in total. The zero-order valence-corrected chi connectivity index (χ0v) is 12.6. The second-order valence-corrected chi connectivity index (χ2v) is 6.11. The minimum absolute atomic E-state index is 0.0243. The van der Waals surface area contributed by atoms with Crippen LogP contribution in [-0.4, -0.2) is 26.7 Å². The highest BCUT2D eigenvalue weighted by Gasteiger charge is 2.30. The van der Waals surface area contributed by atoms with E-state index < -0.39 is 12.0 Å². The minimum Gasteiger partial charge on any atom is -0.391 e. The van der Waals surface area contributed by atoms with Gasteiger partial charge < -0.3 is 21.1 Å². The molecule has 1 aliphatic rings. The number of aliphatic hydroxyl groups excluding tert-OH is 1. The van der Waals surface area contributed by atoms with Gasteiger partial charge in [-0.2, -0.15) is 0 Å². The number of hydrogen-bond acceptors (Lipinski definition) is 4. The number of nitrogens with zero attached hydrogens (tertiary/aromatic N) is 2. The van der Waals surface area contributed by atoms with Gasteiger partial charge in [0, 0.05) is 10.8 Å². The van der Waals surface area contributed by atoms with Crippen molar-refractivity contribution in [3.8, 4) is 0 Å². The number of amides is 1. The number of hydrogen-bond donors (Lipinski definition) is 3. The first-order chi connectivity index (χ1) is 11.1. The number of aromatic nitrogens is 2. The molecule has 0 saturated heterocycles. The molecule has 6 heteroatoms. The molecule has 2 heterocycles. The monoisotopic (exact) mass is 310 g/mol. The van der Waals surface area contributed by atoms with Gasteiger partial charge in [-0.3, -0.25) is 4.79 Å². The van der Waals surface area contributed by atoms with Crippen molar-refractivity contribution in [2.24, 2.45) is 5.73 Å². The largest absolute Gasteiger partial charge is 0.391 e. The maximum Gasteiger partial charge on any atom is 0.252 e. The average Bonchev–Trinajstić information content (AvgIpc) is 3.07. The van der Waals surface area contributed by atoms with E-state index in [0.29, 0.717) is 5.65 Å². The zero-order chi connectivity index (χ0) is 16.1. The van der Waals surface area contributed by atoms with Gasteiger partial charge in [-0.1, -0.05) is 18.2 Å². The Morgan fingerprint density at radius 3 is 2.74 bits per heavy atom. The first kappa shape index (κ1) is 14.0. The highest BCUT2D eigenvalue weighted by Crippen LogP contribution is 2.38. The smallest absolute Gasteiger partial charge is 0.252 e.